The second kappa shape index (κ2) is 9.05. The molecular formula is C16H12Cl2N2S2Sn. The van der Waals surface area contributed by atoms with E-state index in [1.54, 1.807) is 0 Å². The van der Waals surface area contributed by atoms with Gasteiger partial charge < -0.3 is 0 Å². The first-order valence-electron chi connectivity index (χ1n) is 6.74. The SMILES string of the molecule is S=C=[N][Sn]([CH2]c1ccc(Cl)cc1)([CH2]c1ccc(Cl)cc1)[N]=C=S. The summed E-state index contributed by atoms with van der Waals surface area (Å²) in [6.45, 7) is 0. The Labute approximate surface area is 160 Å². The average Bonchev–Trinajstić information content (AvgIpc) is 2.52. The molecule has 116 valence electrons. The van der Waals surface area contributed by atoms with Crippen molar-refractivity contribution in [1.29, 1.82) is 0 Å². The fraction of sp³-hybridized carbons (Fsp3) is 0.125. The molecule has 2 rings (SSSR count). The number of isothiocyanates is 2. The normalized spacial score (nSPS) is 10.5. The van der Waals surface area contributed by atoms with E-state index in [-0.39, 0.29) is 0 Å². The fourth-order valence-electron chi connectivity index (χ4n) is 2.27. The first-order chi connectivity index (χ1) is 11.1. The van der Waals surface area contributed by atoms with Gasteiger partial charge in [-0.25, -0.2) is 0 Å². The van der Waals surface area contributed by atoms with Gasteiger partial charge in [-0.1, -0.05) is 0 Å². The molecule has 0 aliphatic heterocycles. The maximum atomic E-state index is 5.95. The number of hydrogen-bond donors (Lipinski definition) is 0. The standard InChI is InChI=1S/2C7H6Cl.2CNS.Sn/c2*1-6-2-4-7(8)5-3-6;2*2-1-3;/h2*2-5H,1H2;;;/q;;2*-1;+2. The van der Waals surface area contributed by atoms with Crippen molar-refractivity contribution in [3.8, 4) is 0 Å². The minimum absolute atomic E-state index is 0.698. The Morgan fingerprint density at radius 3 is 1.39 bits per heavy atom. The molecule has 0 radical (unpaired) electrons. The van der Waals surface area contributed by atoms with Gasteiger partial charge in [0, 0.05) is 0 Å². The van der Waals surface area contributed by atoms with E-state index in [1.165, 1.54) is 0 Å². The van der Waals surface area contributed by atoms with Crippen LogP contribution < -0.4 is 0 Å². The van der Waals surface area contributed by atoms with Crippen molar-refractivity contribution in [3.05, 3.63) is 69.7 Å². The summed E-state index contributed by atoms with van der Waals surface area (Å²) in [7, 11) is 0. The molecule has 0 saturated heterocycles. The zero-order valence-electron chi connectivity index (χ0n) is 12.0. The molecule has 0 heterocycles. The van der Waals surface area contributed by atoms with Gasteiger partial charge in [-0.05, 0) is 0 Å². The van der Waals surface area contributed by atoms with Crippen LogP contribution in [0.25, 0.3) is 0 Å². The van der Waals surface area contributed by atoms with Crippen LogP contribution >= 0.6 is 47.6 Å². The molecule has 0 amide bonds. The Morgan fingerprint density at radius 2 is 1.09 bits per heavy atom. The number of halogens is 2. The number of benzene rings is 2. The summed E-state index contributed by atoms with van der Waals surface area (Å²) in [5.74, 6) is 0. The van der Waals surface area contributed by atoms with E-state index in [2.05, 4.69) is 16.8 Å². The quantitative estimate of drug-likeness (QED) is 0.306. The summed E-state index contributed by atoms with van der Waals surface area (Å²) in [4.78, 5) is 0. The summed E-state index contributed by atoms with van der Waals surface area (Å²) in [6, 6.07) is 15.4. The topological polar surface area (TPSA) is 24.7 Å². The number of thiocarbonyl (C=S) groups is 2. The van der Waals surface area contributed by atoms with Crippen LogP contribution in [0.2, 0.25) is 10.0 Å². The predicted molar refractivity (Wildman–Crippen MR) is 106 cm³/mol. The molecule has 0 saturated carbocycles. The monoisotopic (exact) mass is 486 g/mol. The van der Waals surface area contributed by atoms with Gasteiger partial charge in [0.2, 0.25) is 0 Å². The third-order valence-electron chi connectivity index (χ3n) is 3.31. The number of hydrogen-bond acceptors (Lipinski definition) is 4. The molecular weight excluding hydrogens is 474 g/mol. The third kappa shape index (κ3) is 5.77. The van der Waals surface area contributed by atoms with Crippen LogP contribution in [0.5, 0.6) is 0 Å². The molecule has 0 aliphatic carbocycles. The van der Waals surface area contributed by atoms with E-state index in [0.717, 1.165) is 20.0 Å². The van der Waals surface area contributed by atoms with Crippen molar-refractivity contribution in [2.45, 2.75) is 8.87 Å². The van der Waals surface area contributed by atoms with E-state index >= 15 is 0 Å². The van der Waals surface area contributed by atoms with Crippen molar-refractivity contribution < 1.29 is 0 Å². The molecule has 0 unspecified atom stereocenters. The summed E-state index contributed by atoms with van der Waals surface area (Å²) in [6.07, 6.45) is 0. The van der Waals surface area contributed by atoms with E-state index in [4.69, 9.17) is 47.6 Å². The molecule has 0 spiro atoms. The van der Waals surface area contributed by atoms with Gasteiger partial charge in [-0.3, -0.25) is 0 Å². The van der Waals surface area contributed by atoms with Crippen molar-refractivity contribution in [2.75, 3.05) is 0 Å². The zero-order valence-corrected chi connectivity index (χ0v) is 18.0. The Morgan fingerprint density at radius 1 is 0.739 bits per heavy atom. The molecule has 2 nitrogen and oxygen atoms in total. The van der Waals surface area contributed by atoms with Gasteiger partial charge in [0.05, 0.1) is 0 Å². The van der Waals surface area contributed by atoms with Crippen molar-refractivity contribution in [3.63, 3.8) is 0 Å². The first-order valence-corrected chi connectivity index (χ1v) is 14.9. The second-order valence-corrected chi connectivity index (χ2v) is 15.1. The fourth-order valence-corrected chi connectivity index (χ4v) is 12.3. The molecule has 0 aromatic heterocycles. The van der Waals surface area contributed by atoms with Gasteiger partial charge >= 0.3 is 162 Å². The maximum absolute atomic E-state index is 5.95. The summed E-state index contributed by atoms with van der Waals surface area (Å²) in [5.41, 5.74) is 2.23. The van der Waals surface area contributed by atoms with Crippen molar-refractivity contribution >= 4 is 76.9 Å². The van der Waals surface area contributed by atoms with Crippen LogP contribution in [0, 0.1) is 0 Å². The van der Waals surface area contributed by atoms with Gasteiger partial charge in [-0.2, -0.15) is 0 Å². The Balaban J connectivity index is 2.37. The second-order valence-electron chi connectivity index (χ2n) is 5.00. The predicted octanol–water partition coefficient (Wildman–Crippen LogP) is 5.50. The van der Waals surface area contributed by atoms with Crippen LogP contribution in [0.3, 0.4) is 0 Å². The Hall–Kier alpha value is -0.581. The first kappa shape index (κ1) is 18.8. The van der Waals surface area contributed by atoms with Gasteiger partial charge in [0.25, 0.3) is 0 Å². The van der Waals surface area contributed by atoms with Crippen molar-refractivity contribution in [2.24, 2.45) is 6.43 Å². The van der Waals surface area contributed by atoms with E-state index in [9.17, 15) is 0 Å². The van der Waals surface area contributed by atoms with Crippen LogP contribution in [0.1, 0.15) is 11.1 Å². The zero-order chi connectivity index (χ0) is 16.7. The van der Waals surface area contributed by atoms with Gasteiger partial charge in [0.1, 0.15) is 0 Å². The number of nitrogens with zero attached hydrogens (tertiary/aromatic N) is 2. The van der Waals surface area contributed by atoms with E-state index < -0.39 is 18.9 Å². The molecule has 0 aliphatic rings. The van der Waals surface area contributed by atoms with Crippen LogP contribution in [-0.2, 0) is 8.87 Å². The summed E-state index contributed by atoms with van der Waals surface area (Å²) >= 11 is 18.2. The van der Waals surface area contributed by atoms with Crippen LogP contribution in [0.15, 0.2) is 55.0 Å². The summed E-state index contributed by atoms with van der Waals surface area (Å²) < 4.78 is 10.4. The van der Waals surface area contributed by atoms with Crippen molar-refractivity contribution in [1.82, 2.24) is 0 Å². The van der Waals surface area contributed by atoms with Crippen LogP contribution in [0.4, 0.5) is 0 Å². The van der Waals surface area contributed by atoms with Gasteiger partial charge in [-0.15, -0.1) is 0 Å². The molecule has 7 heteroatoms. The Bertz CT molecular complexity index is 698. The van der Waals surface area contributed by atoms with Gasteiger partial charge in [0.15, 0.2) is 0 Å². The molecule has 2 aromatic carbocycles. The molecule has 0 atom stereocenters. The van der Waals surface area contributed by atoms with E-state index in [1.807, 2.05) is 48.5 Å². The number of rotatable bonds is 6. The average molecular weight is 486 g/mol. The summed E-state index contributed by atoms with van der Waals surface area (Å²) in [5, 5.41) is 6.45. The molecule has 23 heavy (non-hydrogen) atoms. The van der Waals surface area contributed by atoms with Crippen LogP contribution in [-0.4, -0.2) is 29.2 Å². The van der Waals surface area contributed by atoms with E-state index in [0.29, 0.717) is 10.0 Å². The minimum atomic E-state index is -3.45. The third-order valence-corrected chi connectivity index (χ3v) is 13.5. The Kier molecular flexibility index (Phi) is 7.38. The molecule has 0 bridgehead atoms. The molecule has 0 fully saturated rings. The molecule has 2 aromatic rings. The molecule has 0 N–H and O–H groups in total.